The minimum atomic E-state index is 1.34. The lowest BCUT2D eigenvalue weighted by Gasteiger charge is -1.93. The second-order valence-corrected chi connectivity index (χ2v) is 6.74. The van der Waals surface area contributed by atoms with Crippen LogP contribution in [-0.2, 0) is 0 Å². The van der Waals surface area contributed by atoms with Crippen LogP contribution in [0.1, 0.15) is 29.9 Å². The molecule has 2 heteroatoms. The van der Waals surface area contributed by atoms with Gasteiger partial charge >= 0.3 is 0 Å². The predicted octanol–water partition coefficient (Wildman–Crippen LogP) is 6.49. The molecule has 0 N–H and O–H groups in total. The van der Waals surface area contributed by atoms with Crippen LogP contribution in [0.5, 0.6) is 0 Å². The molecule has 0 spiro atoms. The third-order valence-electron chi connectivity index (χ3n) is 3.17. The highest BCUT2D eigenvalue weighted by Crippen LogP contribution is 2.44. The standard InChI is InChI=1S/C17H16S2/c1-4-6-12-14(7-5-2)18-17-13-9-8-11(3)10-15(13)19-16(12)17/h4-10H,1-3H3/b6-4-,7-5+. The van der Waals surface area contributed by atoms with Gasteiger partial charge in [-0.05, 0) is 38.5 Å². The third kappa shape index (κ3) is 2.05. The molecule has 0 radical (unpaired) electrons. The summed E-state index contributed by atoms with van der Waals surface area (Å²) in [7, 11) is 0. The molecule has 0 unspecified atom stereocenters. The molecule has 0 saturated heterocycles. The maximum Gasteiger partial charge on any atom is 0.0542 e. The van der Waals surface area contributed by atoms with Crippen molar-refractivity contribution in [3.8, 4) is 0 Å². The van der Waals surface area contributed by atoms with Crippen LogP contribution < -0.4 is 0 Å². The Labute approximate surface area is 121 Å². The van der Waals surface area contributed by atoms with Gasteiger partial charge in [-0.15, -0.1) is 22.7 Å². The van der Waals surface area contributed by atoms with Crippen molar-refractivity contribution in [3.63, 3.8) is 0 Å². The van der Waals surface area contributed by atoms with Crippen molar-refractivity contribution in [1.82, 2.24) is 0 Å². The van der Waals surface area contributed by atoms with E-state index in [-0.39, 0.29) is 0 Å². The minimum Gasteiger partial charge on any atom is -0.134 e. The molecule has 0 atom stereocenters. The van der Waals surface area contributed by atoms with Gasteiger partial charge in [0.2, 0.25) is 0 Å². The average molecular weight is 284 g/mol. The van der Waals surface area contributed by atoms with Crippen molar-refractivity contribution < 1.29 is 0 Å². The molecular formula is C17H16S2. The Hall–Kier alpha value is -1.38. The first kappa shape index (κ1) is 12.6. The summed E-state index contributed by atoms with van der Waals surface area (Å²) >= 11 is 3.82. The monoisotopic (exact) mass is 284 g/mol. The topological polar surface area (TPSA) is 0 Å². The van der Waals surface area contributed by atoms with Gasteiger partial charge in [0.05, 0.1) is 9.40 Å². The zero-order valence-electron chi connectivity index (χ0n) is 11.4. The Morgan fingerprint density at radius 2 is 1.74 bits per heavy atom. The van der Waals surface area contributed by atoms with Gasteiger partial charge in [-0.25, -0.2) is 0 Å². The molecule has 0 amide bonds. The quantitative estimate of drug-likeness (QED) is 0.504. The Kier molecular flexibility index (Phi) is 3.29. The van der Waals surface area contributed by atoms with Gasteiger partial charge in [0.1, 0.15) is 0 Å². The molecule has 0 aliphatic rings. The summed E-state index contributed by atoms with van der Waals surface area (Å²) in [5.41, 5.74) is 2.71. The van der Waals surface area contributed by atoms with Gasteiger partial charge in [-0.2, -0.15) is 0 Å². The number of fused-ring (bicyclic) bond motifs is 3. The highest BCUT2D eigenvalue weighted by Gasteiger charge is 2.13. The van der Waals surface area contributed by atoms with Crippen molar-refractivity contribution in [2.24, 2.45) is 0 Å². The van der Waals surface area contributed by atoms with Crippen molar-refractivity contribution >= 4 is 54.3 Å². The number of hydrogen-bond acceptors (Lipinski definition) is 2. The van der Waals surface area contributed by atoms with Crippen LogP contribution >= 0.6 is 22.7 Å². The van der Waals surface area contributed by atoms with Gasteiger partial charge in [-0.3, -0.25) is 0 Å². The van der Waals surface area contributed by atoms with Crippen LogP contribution in [0.4, 0.5) is 0 Å². The Balaban J connectivity index is 2.40. The van der Waals surface area contributed by atoms with Crippen molar-refractivity contribution in [1.29, 1.82) is 0 Å². The summed E-state index contributed by atoms with van der Waals surface area (Å²) in [6.45, 7) is 6.32. The van der Waals surface area contributed by atoms with Crippen LogP contribution in [0.3, 0.4) is 0 Å². The van der Waals surface area contributed by atoms with Gasteiger partial charge < -0.3 is 0 Å². The van der Waals surface area contributed by atoms with E-state index in [4.69, 9.17) is 0 Å². The fourth-order valence-electron chi connectivity index (χ4n) is 2.34. The van der Waals surface area contributed by atoms with E-state index in [0.717, 1.165) is 0 Å². The second kappa shape index (κ2) is 4.95. The molecule has 2 heterocycles. The zero-order valence-corrected chi connectivity index (χ0v) is 13.0. The van der Waals surface area contributed by atoms with Crippen molar-refractivity contribution in [2.75, 3.05) is 0 Å². The van der Waals surface area contributed by atoms with E-state index in [0.29, 0.717) is 0 Å². The van der Waals surface area contributed by atoms with E-state index in [1.165, 1.54) is 35.5 Å². The van der Waals surface area contributed by atoms with Gasteiger partial charge in [0.25, 0.3) is 0 Å². The average Bonchev–Trinajstić information content (AvgIpc) is 2.87. The lowest BCUT2D eigenvalue weighted by molar-refractivity contribution is 1.52. The van der Waals surface area contributed by atoms with Crippen molar-refractivity contribution in [3.05, 3.63) is 46.4 Å². The van der Waals surface area contributed by atoms with Gasteiger partial charge in [0, 0.05) is 20.5 Å². The molecule has 1 aromatic carbocycles. The molecular weight excluding hydrogens is 268 g/mol. The summed E-state index contributed by atoms with van der Waals surface area (Å²) in [5.74, 6) is 0. The third-order valence-corrected chi connectivity index (χ3v) is 5.69. The fraction of sp³-hybridized carbons (Fsp3) is 0.176. The summed E-state index contributed by atoms with van der Waals surface area (Å²) in [6.07, 6.45) is 8.70. The first-order valence-corrected chi connectivity index (χ1v) is 8.09. The van der Waals surface area contributed by atoms with Gasteiger partial charge in [0.15, 0.2) is 0 Å². The van der Waals surface area contributed by atoms with E-state index in [2.05, 4.69) is 63.3 Å². The second-order valence-electron chi connectivity index (χ2n) is 4.64. The van der Waals surface area contributed by atoms with E-state index >= 15 is 0 Å². The molecule has 0 saturated carbocycles. The summed E-state index contributed by atoms with van der Waals surface area (Å²) in [5, 5.41) is 1.40. The highest BCUT2D eigenvalue weighted by atomic mass is 32.1. The molecule has 96 valence electrons. The van der Waals surface area contributed by atoms with E-state index < -0.39 is 0 Å². The summed E-state index contributed by atoms with van der Waals surface area (Å²) in [4.78, 5) is 1.37. The highest BCUT2D eigenvalue weighted by molar-refractivity contribution is 7.33. The maximum absolute atomic E-state index is 2.29. The number of rotatable bonds is 2. The summed E-state index contributed by atoms with van der Waals surface area (Å²) < 4.78 is 4.26. The molecule has 0 fully saturated rings. The number of hydrogen-bond donors (Lipinski definition) is 0. The molecule has 0 bridgehead atoms. The molecule has 3 rings (SSSR count). The van der Waals surface area contributed by atoms with E-state index in [1.807, 2.05) is 22.7 Å². The lowest BCUT2D eigenvalue weighted by atomic mass is 10.1. The fourth-order valence-corrected chi connectivity index (χ4v) is 5.14. The van der Waals surface area contributed by atoms with Crippen LogP contribution in [-0.4, -0.2) is 0 Å². The summed E-state index contributed by atoms with van der Waals surface area (Å²) in [6, 6.07) is 6.76. The number of thiophene rings is 2. The molecule has 19 heavy (non-hydrogen) atoms. The normalized spacial score (nSPS) is 12.6. The van der Waals surface area contributed by atoms with Crippen LogP contribution in [0, 0.1) is 6.92 Å². The first-order chi connectivity index (χ1) is 9.24. The number of benzene rings is 1. The Morgan fingerprint density at radius 3 is 2.47 bits per heavy atom. The largest absolute Gasteiger partial charge is 0.134 e. The molecule has 3 aromatic rings. The SMILES string of the molecule is C/C=C\c1c(/C=C/C)sc2c1sc1cc(C)ccc12. The minimum absolute atomic E-state index is 1.34. The zero-order chi connectivity index (χ0) is 13.4. The Bertz CT molecular complexity index is 797. The first-order valence-electron chi connectivity index (χ1n) is 6.45. The number of allylic oxidation sites excluding steroid dienone is 2. The van der Waals surface area contributed by atoms with Crippen LogP contribution in [0.15, 0.2) is 30.4 Å². The van der Waals surface area contributed by atoms with E-state index in [1.54, 1.807) is 0 Å². The van der Waals surface area contributed by atoms with Crippen molar-refractivity contribution in [2.45, 2.75) is 20.8 Å². The van der Waals surface area contributed by atoms with Crippen LogP contribution in [0.25, 0.3) is 31.6 Å². The number of aryl methyl sites for hydroxylation is 1. The molecule has 0 aliphatic carbocycles. The molecule has 2 aromatic heterocycles. The molecule has 0 nitrogen and oxygen atoms in total. The van der Waals surface area contributed by atoms with Crippen LogP contribution in [0.2, 0.25) is 0 Å². The van der Waals surface area contributed by atoms with Gasteiger partial charge in [-0.1, -0.05) is 30.4 Å². The Morgan fingerprint density at radius 1 is 0.947 bits per heavy atom. The smallest absolute Gasteiger partial charge is 0.0542 e. The maximum atomic E-state index is 2.29. The predicted molar refractivity (Wildman–Crippen MR) is 91.4 cm³/mol. The van der Waals surface area contributed by atoms with E-state index in [9.17, 15) is 0 Å². The molecule has 0 aliphatic heterocycles. The lowest BCUT2D eigenvalue weighted by Crippen LogP contribution is -1.69.